The van der Waals surface area contributed by atoms with E-state index in [4.69, 9.17) is 19.9 Å². The molecule has 11 heteroatoms. The zero-order valence-corrected chi connectivity index (χ0v) is 16.1. The molecule has 0 aliphatic rings. The number of pyridine rings is 1. The van der Waals surface area contributed by atoms with E-state index in [-0.39, 0.29) is 5.82 Å². The molecule has 0 radical (unpaired) electrons. The standard InChI is InChI=1S/C19H20F3N5O3/c1-28-16-8-5-14(11-24-16)27-17(25-18(26-27)30-12-19(20,21)22)13-3-6-15(7-4-13)29-10-2-9-23/h3-8,11H,2,9-10,12,23H2,1H3. The highest BCUT2D eigenvalue weighted by Crippen LogP contribution is 2.26. The molecule has 8 nitrogen and oxygen atoms in total. The summed E-state index contributed by atoms with van der Waals surface area (Å²) in [6.07, 6.45) is -2.31. The van der Waals surface area contributed by atoms with Crippen LogP contribution in [-0.4, -0.2) is 52.8 Å². The number of nitrogens with zero attached hydrogens (tertiary/aromatic N) is 4. The second-order valence-corrected chi connectivity index (χ2v) is 6.11. The monoisotopic (exact) mass is 423 g/mol. The first-order chi connectivity index (χ1) is 14.4. The van der Waals surface area contributed by atoms with Crippen LogP contribution in [0.3, 0.4) is 0 Å². The van der Waals surface area contributed by atoms with Crippen molar-refractivity contribution in [1.82, 2.24) is 19.7 Å². The summed E-state index contributed by atoms with van der Waals surface area (Å²) >= 11 is 0. The van der Waals surface area contributed by atoms with Crippen molar-refractivity contribution < 1.29 is 27.4 Å². The SMILES string of the molecule is COc1ccc(-n2nc(OCC(F)(F)F)nc2-c2ccc(OCCCN)cc2)cn1. The summed E-state index contributed by atoms with van der Waals surface area (Å²) < 4.78 is 54.2. The van der Waals surface area contributed by atoms with Gasteiger partial charge in [-0.2, -0.15) is 18.2 Å². The first-order valence-corrected chi connectivity index (χ1v) is 9.00. The van der Waals surface area contributed by atoms with Gasteiger partial charge < -0.3 is 19.9 Å². The van der Waals surface area contributed by atoms with Crippen LogP contribution < -0.4 is 19.9 Å². The summed E-state index contributed by atoms with van der Waals surface area (Å²) in [6, 6.07) is 9.76. The molecule has 2 aromatic heterocycles. The number of nitrogens with two attached hydrogens (primary N) is 1. The Kier molecular flexibility index (Phi) is 6.72. The van der Waals surface area contributed by atoms with Gasteiger partial charge in [-0.1, -0.05) is 0 Å². The van der Waals surface area contributed by atoms with Crippen molar-refractivity contribution in [3.8, 4) is 34.7 Å². The molecule has 2 N–H and O–H groups in total. The molecule has 0 aliphatic heterocycles. The molecule has 0 bridgehead atoms. The van der Waals surface area contributed by atoms with Crippen molar-refractivity contribution in [2.45, 2.75) is 12.6 Å². The molecule has 160 valence electrons. The third-order valence-corrected chi connectivity index (χ3v) is 3.86. The minimum atomic E-state index is -4.50. The summed E-state index contributed by atoms with van der Waals surface area (Å²) in [7, 11) is 1.48. The Labute approximate surface area is 170 Å². The van der Waals surface area contributed by atoms with Crippen LogP contribution in [0, 0.1) is 0 Å². The third-order valence-electron chi connectivity index (χ3n) is 3.86. The predicted octanol–water partition coefficient (Wildman–Crippen LogP) is 3.01. The van der Waals surface area contributed by atoms with Crippen LogP contribution in [0.2, 0.25) is 0 Å². The highest BCUT2D eigenvalue weighted by Gasteiger charge is 2.29. The molecule has 0 saturated carbocycles. The number of benzene rings is 1. The minimum absolute atomic E-state index is 0.285. The summed E-state index contributed by atoms with van der Waals surface area (Å²) in [5, 5.41) is 4.06. The Morgan fingerprint density at radius 2 is 1.83 bits per heavy atom. The number of hydrogen-bond donors (Lipinski definition) is 1. The van der Waals surface area contributed by atoms with Crippen LogP contribution >= 0.6 is 0 Å². The second-order valence-electron chi connectivity index (χ2n) is 6.11. The lowest BCUT2D eigenvalue weighted by molar-refractivity contribution is -0.154. The van der Waals surface area contributed by atoms with Gasteiger partial charge in [-0.3, -0.25) is 0 Å². The molecular weight excluding hydrogens is 403 g/mol. The third kappa shape index (κ3) is 5.60. The van der Waals surface area contributed by atoms with Crippen LogP contribution in [0.15, 0.2) is 42.6 Å². The normalized spacial score (nSPS) is 11.4. The van der Waals surface area contributed by atoms with E-state index in [1.807, 2.05) is 0 Å². The topological polar surface area (TPSA) is 97.3 Å². The van der Waals surface area contributed by atoms with Crippen LogP contribution in [0.4, 0.5) is 13.2 Å². The maximum atomic E-state index is 12.5. The summed E-state index contributed by atoms with van der Waals surface area (Å²) in [5.74, 6) is 1.30. The zero-order chi connectivity index (χ0) is 21.6. The van der Waals surface area contributed by atoms with E-state index in [1.54, 1.807) is 36.4 Å². The summed E-state index contributed by atoms with van der Waals surface area (Å²) in [4.78, 5) is 8.22. The summed E-state index contributed by atoms with van der Waals surface area (Å²) in [6.45, 7) is -0.484. The molecular formula is C19H20F3N5O3. The van der Waals surface area contributed by atoms with E-state index in [0.717, 1.165) is 6.42 Å². The molecule has 3 aromatic rings. The largest absolute Gasteiger partial charge is 0.494 e. The zero-order valence-electron chi connectivity index (χ0n) is 16.1. The van der Waals surface area contributed by atoms with Crippen LogP contribution in [0.5, 0.6) is 17.6 Å². The van der Waals surface area contributed by atoms with Crippen molar-refractivity contribution in [3.05, 3.63) is 42.6 Å². The fourth-order valence-corrected chi connectivity index (χ4v) is 2.46. The maximum absolute atomic E-state index is 12.5. The first-order valence-electron chi connectivity index (χ1n) is 9.00. The lowest BCUT2D eigenvalue weighted by Gasteiger charge is -2.08. The highest BCUT2D eigenvalue weighted by molar-refractivity contribution is 5.59. The van der Waals surface area contributed by atoms with Gasteiger partial charge in [0.1, 0.15) is 5.75 Å². The van der Waals surface area contributed by atoms with Gasteiger partial charge in [0, 0.05) is 11.6 Å². The van der Waals surface area contributed by atoms with Crippen LogP contribution in [0.25, 0.3) is 17.1 Å². The maximum Gasteiger partial charge on any atom is 0.422 e. The highest BCUT2D eigenvalue weighted by atomic mass is 19.4. The number of aromatic nitrogens is 4. The van der Waals surface area contributed by atoms with E-state index in [2.05, 4.69) is 15.1 Å². The fraction of sp³-hybridized carbons (Fsp3) is 0.316. The Hall–Kier alpha value is -3.34. The Bertz CT molecular complexity index is 944. The lowest BCUT2D eigenvalue weighted by Crippen LogP contribution is -2.19. The van der Waals surface area contributed by atoms with Gasteiger partial charge >= 0.3 is 12.2 Å². The Balaban J connectivity index is 1.91. The van der Waals surface area contributed by atoms with Crippen molar-refractivity contribution in [3.63, 3.8) is 0 Å². The Morgan fingerprint density at radius 1 is 1.07 bits per heavy atom. The average Bonchev–Trinajstić information content (AvgIpc) is 3.17. The first kappa shape index (κ1) is 21.4. The predicted molar refractivity (Wildman–Crippen MR) is 102 cm³/mol. The van der Waals surface area contributed by atoms with Crippen molar-refractivity contribution in [2.75, 3.05) is 26.9 Å². The van der Waals surface area contributed by atoms with Crippen molar-refractivity contribution in [1.29, 1.82) is 0 Å². The van der Waals surface area contributed by atoms with E-state index < -0.39 is 18.8 Å². The lowest BCUT2D eigenvalue weighted by atomic mass is 10.2. The van der Waals surface area contributed by atoms with Gasteiger partial charge in [0.05, 0.1) is 25.6 Å². The van der Waals surface area contributed by atoms with Crippen LogP contribution in [-0.2, 0) is 0 Å². The fourth-order valence-electron chi connectivity index (χ4n) is 2.46. The minimum Gasteiger partial charge on any atom is -0.494 e. The molecule has 0 fully saturated rings. The van der Waals surface area contributed by atoms with Crippen LogP contribution in [0.1, 0.15) is 6.42 Å². The smallest absolute Gasteiger partial charge is 0.422 e. The number of halogens is 3. The number of alkyl halides is 3. The molecule has 0 atom stereocenters. The van der Waals surface area contributed by atoms with E-state index in [1.165, 1.54) is 18.0 Å². The molecule has 1 aromatic carbocycles. The van der Waals surface area contributed by atoms with E-state index >= 15 is 0 Å². The average molecular weight is 423 g/mol. The number of hydrogen-bond acceptors (Lipinski definition) is 7. The van der Waals surface area contributed by atoms with Gasteiger partial charge in [-0.05, 0) is 43.3 Å². The molecule has 0 unspecified atom stereocenters. The van der Waals surface area contributed by atoms with Gasteiger partial charge in [0.2, 0.25) is 5.88 Å². The number of rotatable bonds is 9. The molecule has 3 rings (SSSR count). The summed E-state index contributed by atoms with van der Waals surface area (Å²) in [5.41, 5.74) is 6.52. The van der Waals surface area contributed by atoms with E-state index in [9.17, 15) is 13.2 Å². The molecule has 0 spiro atoms. The van der Waals surface area contributed by atoms with Gasteiger partial charge in [0.25, 0.3) is 0 Å². The van der Waals surface area contributed by atoms with Gasteiger partial charge in [-0.25, -0.2) is 9.67 Å². The van der Waals surface area contributed by atoms with E-state index in [0.29, 0.717) is 36.0 Å². The quantitative estimate of drug-likeness (QED) is 0.529. The second kappa shape index (κ2) is 9.44. The Morgan fingerprint density at radius 3 is 2.43 bits per heavy atom. The van der Waals surface area contributed by atoms with Gasteiger partial charge in [-0.15, -0.1) is 5.10 Å². The van der Waals surface area contributed by atoms with Gasteiger partial charge in [0.15, 0.2) is 12.4 Å². The number of ether oxygens (including phenoxy) is 3. The van der Waals surface area contributed by atoms with Crippen molar-refractivity contribution in [2.24, 2.45) is 5.73 Å². The molecule has 30 heavy (non-hydrogen) atoms. The molecule has 2 heterocycles. The molecule has 0 amide bonds. The molecule has 0 aliphatic carbocycles. The van der Waals surface area contributed by atoms with Crippen molar-refractivity contribution >= 4 is 0 Å². The molecule has 0 saturated heterocycles. The number of methoxy groups -OCH3 is 1.